The van der Waals surface area contributed by atoms with Crippen LogP contribution in [-0.2, 0) is 30.3 Å². The maximum Gasteiger partial charge on any atom is 0.410 e. The Morgan fingerprint density at radius 1 is 1.02 bits per heavy atom. The fourth-order valence-electron chi connectivity index (χ4n) is 8.98. The first kappa shape index (κ1) is 45.5. The van der Waals surface area contributed by atoms with E-state index in [1.807, 2.05) is 52.8 Å². The van der Waals surface area contributed by atoms with Gasteiger partial charge in [-0.05, 0) is 83.3 Å². The van der Waals surface area contributed by atoms with E-state index in [0.717, 1.165) is 31.4 Å². The van der Waals surface area contributed by atoms with Crippen molar-refractivity contribution in [2.24, 2.45) is 17.8 Å². The molecule has 14 heteroatoms. The molecule has 1 amide bonds. The summed E-state index contributed by atoms with van der Waals surface area (Å²) in [5.74, 6) is 0.0408. The van der Waals surface area contributed by atoms with Gasteiger partial charge >= 0.3 is 12.1 Å². The van der Waals surface area contributed by atoms with Crippen molar-refractivity contribution in [3.8, 4) is 11.5 Å². The summed E-state index contributed by atoms with van der Waals surface area (Å²) in [5.41, 5.74) is -0.276. The summed E-state index contributed by atoms with van der Waals surface area (Å²) in [4.78, 5) is 50.0. The van der Waals surface area contributed by atoms with Crippen LogP contribution in [0.1, 0.15) is 105 Å². The van der Waals surface area contributed by atoms with Crippen molar-refractivity contribution in [2.45, 2.75) is 139 Å². The quantitative estimate of drug-likeness (QED) is 0.116. The second-order valence-electron chi connectivity index (χ2n) is 16.6. The van der Waals surface area contributed by atoms with Crippen molar-refractivity contribution in [1.29, 1.82) is 0 Å². The molecule has 0 spiro atoms. The molecule has 1 saturated carbocycles. The topological polar surface area (TPSA) is 117 Å². The van der Waals surface area contributed by atoms with E-state index in [2.05, 4.69) is 39.4 Å². The molecule has 5 rings (SSSR count). The average Bonchev–Trinajstić information content (AvgIpc) is 3.79. The third-order valence-electron chi connectivity index (χ3n) is 12.5. The molecule has 3 heterocycles. The van der Waals surface area contributed by atoms with Gasteiger partial charge in [0.1, 0.15) is 11.9 Å². The smallest absolute Gasteiger partial charge is 0.410 e. The van der Waals surface area contributed by atoms with Gasteiger partial charge in [0.15, 0.2) is 17.1 Å². The predicted molar refractivity (Wildman–Crippen MR) is 231 cm³/mol. The van der Waals surface area contributed by atoms with E-state index in [9.17, 15) is 14.4 Å². The highest BCUT2D eigenvalue weighted by molar-refractivity contribution is 14.1. The zero-order valence-corrected chi connectivity index (χ0v) is 38.3. The minimum absolute atomic E-state index is 0.000272. The number of anilines is 1. The summed E-state index contributed by atoms with van der Waals surface area (Å²) in [5, 5.41) is 0.883. The number of alkyl halides is 1. The molecule has 2 saturated heterocycles. The molecule has 1 unspecified atom stereocenters. The number of benzene rings is 1. The Balaban J connectivity index is 1.46. The molecule has 2 aliphatic heterocycles. The van der Waals surface area contributed by atoms with Crippen molar-refractivity contribution in [1.82, 2.24) is 9.88 Å². The third kappa shape index (κ3) is 10.4. The summed E-state index contributed by atoms with van der Waals surface area (Å²) in [6.07, 6.45) is 8.57. The Kier molecular flexibility index (Phi) is 15.7. The molecule has 0 N–H and O–H groups in total. The highest BCUT2D eigenvalue weighted by Gasteiger charge is 2.59. The van der Waals surface area contributed by atoms with Gasteiger partial charge in [-0.15, -0.1) is 0 Å². The highest BCUT2D eigenvalue weighted by atomic mass is 127. The van der Waals surface area contributed by atoms with E-state index in [1.165, 1.54) is 0 Å². The average molecular weight is 945 g/mol. The Morgan fingerprint density at radius 3 is 2.33 bits per heavy atom. The van der Waals surface area contributed by atoms with Crippen LogP contribution in [0.3, 0.4) is 0 Å². The van der Waals surface area contributed by atoms with E-state index < -0.39 is 41.3 Å². The second kappa shape index (κ2) is 19.7. The Bertz CT molecular complexity index is 1710. The molecule has 11 nitrogen and oxygen atoms in total. The molecule has 1 aliphatic carbocycles. The number of hydrogen-bond acceptors (Lipinski definition) is 10. The Hall–Kier alpha value is -2.55. The standard InChI is InChI=1S/C43H60Cl2IN3O8/c1-9-37-43(6)39(27(3)34(50)17-18-42(5,54-8)22-26(2)38(46)28(4)40(51)56-37)49(41(52)57-43)20-12-19-48(25-31-32(44)23-47-24-33(31)45)29-15-16-35(53-7)36(21-29)55-30-13-10-11-14-30/h15-16,21,23-24,26-28,30,37-39H,9-14,17-20,22,25H2,1-8H3/t26-,27+,28-,37-,38?,39-,42-,43-/m1/s1. The number of cyclic esters (lactones) is 1. The number of nitrogens with zero attached hydrogens (tertiary/aromatic N) is 3. The zero-order valence-electron chi connectivity index (χ0n) is 34.7. The zero-order chi connectivity index (χ0) is 41.7. The van der Waals surface area contributed by atoms with Gasteiger partial charge in [0.25, 0.3) is 0 Å². The minimum atomic E-state index is -1.28. The number of fused-ring (bicyclic) bond motifs is 1. The molecule has 316 valence electrons. The largest absolute Gasteiger partial charge is 0.493 e. The molecular weight excluding hydrogens is 884 g/mol. The van der Waals surface area contributed by atoms with Crippen LogP contribution in [0.4, 0.5) is 10.5 Å². The molecule has 0 radical (unpaired) electrons. The number of esters is 1. The number of ether oxygens (including phenoxy) is 5. The maximum absolute atomic E-state index is 14.2. The molecule has 8 atom stereocenters. The van der Waals surface area contributed by atoms with Crippen LogP contribution < -0.4 is 14.4 Å². The second-order valence-corrected chi connectivity index (χ2v) is 18.8. The first-order chi connectivity index (χ1) is 27.0. The lowest BCUT2D eigenvalue weighted by molar-refractivity contribution is -0.169. The first-order valence-electron chi connectivity index (χ1n) is 20.3. The van der Waals surface area contributed by atoms with Crippen molar-refractivity contribution in [3.63, 3.8) is 0 Å². The highest BCUT2D eigenvalue weighted by Crippen LogP contribution is 2.43. The van der Waals surface area contributed by atoms with Gasteiger partial charge in [0.05, 0.1) is 40.8 Å². The number of methoxy groups -OCH3 is 2. The lowest BCUT2D eigenvalue weighted by Crippen LogP contribution is -2.57. The van der Waals surface area contributed by atoms with Crippen LogP contribution >= 0.6 is 45.8 Å². The van der Waals surface area contributed by atoms with Crippen LogP contribution in [0, 0.1) is 17.8 Å². The lowest BCUT2D eigenvalue weighted by Gasteiger charge is -2.41. The molecule has 3 fully saturated rings. The van der Waals surface area contributed by atoms with Gasteiger partial charge in [-0.25, -0.2) is 4.79 Å². The van der Waals surface area contributed by atoms with Crippen LogP contribution in [0.2, 0.25) is 10.0 Å². The number of carbonyl (C=O) groups excluding carboxylic acids is 3. The van der Waals surface area contributed by atoms with E-state index in [1.54, 1.807) is 31.5 Å². The van der Waals surface area contributed by atoms with E-state index in [0.29, 0.717) is 65.9 Å². The van der Waals surface area contributed by atoms with Crippen LogP contribution in [-0.4, -0.2) is 88.4 Å². The molecule has 0 bridgehead atoms. The summed E-state index contributed by atoms with van der Waals surface area (Å²) in [6.45, 7) is 12.7. The van der Waals surface area contributed by atoms with E-state index in [-0.39, 0.29) is 40.7 Å². The monoisotopic (exact) mass is 943 g/mol. The SMILES string of the molecule is CC[C@H]1OC(=O)[C@H](C)C(I)[C@H](C)C[C@](C)(OC)CCC(=O)[C@H](C)[C@H]2N(CCCN(Cc3c(Cl)cncc3Cl)c3ccc(OC)c(OC4CCCC4)c3)C(=O)O[C@]12C. The first-order valence-corrected chi connectivity index (χ1v) is 22.3. The van der Waals surface area contributed by atoms with Gasteiger partial charge in [0.2, 0.25) is 0 Å². The fourth-order valence-corrected chi connectivity index (χ4v) is 10.0. The van der Waals surface area contributed by atoms with Crippen LogP contribution in [0.15, 0.2) is 30.6 Å². The summed E-state index contributed by atoms with van der Waals surface area (Å²) in [7, 11) is 3.30. The van der Waals surface area contributed by atoms with Crippen LogP contribution in [0.25, 0.3) is 0 Å². The molecule has 2 aromatic rings. The normalized spacial score (nSPS) is 30.4. The van der Waals surface area contributed by atoms with Gasteiger partial charge in [0, 0.05) is 72.7 Å². The van der Waals surface area contributed by atoms with Crippen molar-refractivity contribution >= 4 is 69.3 Å². The van der Waals surface area contributed by atoms with Crippen molar-refractivity contribution < 1.29 is 38.1 Å². The molecule has 1 aromatic heterocycles. The summed E-state index contributed by atoms with van der Waals surface area (Å²) in [6, 6.07) is 5.16. The lowest BCUT2D eigenvalue weighted by atomic mass is 9.77. The summed E-state index contributed by atoms with van der Waals surface area (Å²) < 4.78 is 30.6. The molecule has 57 heavy (non-hydrogen) atoms. The molecule has 1 aromatic carbocycles. The van der Waals surface area contributed by atoms with E-state index >= 15 is 0 Å². The number of amides is 1. The van der Waals surface area contributed by atoms with Gasteiger partial charge in [-0.2, -0.15) is 0 Å². The minimum Gasteiger partial charge on any atom is -0.493 e. The number of carbonyl (C=O) groups is 3. The molecule has 3 aliphatic rings. The molecular formula is C43H60Cl2IN3O8. The van der Waals surface area contributed by atoms with E-state index in [4.69, 9.17) is 46.9 Å². The fraction of sp³-hybridized carbons (Fsp3) is 0.674. The van der Waals surface area contributed by atoms with Crippen molar-refractivity contribution in [3.05, 3.63) is 46.2 Å². The number of halogens is 3. The number of Topliss-reactive ketones (excluding diaryl/α,β-unsaturated/α-hetero) is 1. The maximum atomic E-state index is 14.2. The Labute approximate surface area is 362 Å². The summed E-state index contributed by atoms with van der Waals surface area (Å²) >= 11 is 15.6. The van der Waals surface area contributed by atoms with Crippen LogP contribution in [0.5, 0.6) is 11.5 Å². The Morgan fingerprint density at radius 2 is 1.70 bits per heavy atom. The van der Waals surface area contributed by atoms with Gasteiger partial charge in [-0.3, -0.25) is 14.6 Å². The van der Waals surface area contributed by atoms with Crippen molar-refractivity contribution in [2.75, 3.05) is 32.2 Å². The van der Waals surface area contributed by atoms with Gasteiger partial charge in [-0.1, -0.05) is 73.5 Å². The third-order valence-corrected chi connectivity index (χ3v) is 15.4. The van der Waals surface area contributed by atoms with Gasteiger partial charge < -0.3 is 33.5 Å². The predicted octanol–water partition coefficient (Wildman–Crippen LogP) is 9.89. The number of pyridine rings is 1. The number of hydrogen-bond donors (Lipinski definition) is 0. The number of rotatable bonds is 12. The number of aromatic nitrogens is 1. The number of ketones is 1.